The summed E-state index contributed by atoms with van der Waals surface area (Å²) >= 11 is 0. The van der Waals surface area contributed by atoms with Gasteiger partial charge in [-0.25, -0.2) is 9.99 Å². The lowest BCUT2D eigenvalue weighted by molar-refractivity contribution is -0.671. The lowest BCUT2D eigenvalue weighted by Crippen LogP contribution is -2.29. The average molecular weight is 192 g/mol. The molecule has 14 heavy (non-hydrogen) atoms. The number of aryl methyl sites for hydroxylation is 1. The molecule has 0 bridgehead atoms. The molecule has 0 aliphatic carbocycles. The van der Waals surface area contributed by atoms with E-state index >= 15 is 0 Å². The zero-order valence-electron chi connectivity index (χ0n) is 8.40. The van der Waals surface area contributed by atoms with Gasteiger partial charge in [-0.15, -0.1) is 0 Å². The summed E-state index contributed by atoms with van der Waals surface area (Å²) in [6.45, 7) is 1.96. The second-order valence-corrected chi connectivity index (χ2v) is 2.92. The molecule has 1 aromatic heterocycles. The fraction of sp³-hybridized carbons (Fsp3) is 0.300. The highest BCUT2D eigenvalue weighted by molar-refractivity contribution is 5.93. The van der Waals surface area contributed by atoms with Gasteiger partial charge in [-0.3, -0.25) is 4.79 Å². The molecule has 1 N–H and O–H groups in total. The largest absolute Gasteiger partial charge is 0.277 e. The minimum Gasteiger partial charge on any atom is -0.267 e. The number of nitrogens with one attached hydrogen (secondary N) is 1. The van der Waals surface area contributed by atoms with Crippen LogP contribution >= 0.6 is 0 Å². The summed E-state index contributed by atoms with van der Waals surface area (Å²) in [7, 11) is 1.87. The minimum atomic E-state index is -0.189. The Labute approximate surface area is 83.3 Å². The molecule has 0 saturated heterocycles. The second kappa shape index (κ2) is 5.11. The fourth-order valence-electron chi connectivity index (χ4n) is 0.982. The van der Waals surface area contributed by atoms with Crippen LogP contribution in [-0.2, 0) is 7.05 Å². The normalized spacial score (nSPS) is 10.4. The van der Waals surface area contributed by atoms with Crippen molar-refractivity contribution in [2.45, 2.75) is 13.3 Å². The summed E-state index contributed by atoms with van der Waals surface area (Å²) < 4.78 is 1.82. The van der Waals surface area contributed by atoms with Crippen LogP contribution in [0.2, 0.25) is 0 Å². The topological polar surface area (TPSA) is 45.3 Å². The highest BCUT2D eigenvalue weighted by Gasteiger charge is 2.06. The van der Waals surface area contributed by atoms with Crippen LogP contribution < -0.4 is 9.99 Å². The average Bonchev–Trinajstić information content (AvgIpc) is 2.18. The maximum Gasteiger partial charge on any atom is 0.277 e. The molecule has 0 spiro atoms. The summed E-state index contributed by atoms with van der Waals surface area (Å²) in [5.74, 6) is -0.189. The van der Waals surface area contributed by atoms with Crippen LogP contribution in [0.5, 0.6) is 0 Å². The van der Waals surface area contributed by atoms with Gasteiger partial charge in [0.1, 0.15) is 12.6 Å². The molecule has 0 aliphatic heterocycles. The number of nitrogens with zero attached hydrogens (tertiary/aromatic N) is 2. The molecule has 1 amide bonds. The molecule has 1 heterocycles. The lowest BCUT2D eigenvalue weighted by Gasteiger charge is -1.96. The molecule has 0 radical (unpaired) electrons. The predicted octanol–water partition coefficient (Wildman–Crippen LogP) is 0.637. The molecule has 0 atom stereocenters. The molecular formula is C10H14N3O+. The van der Waals surface area contributed by atoms with E-state index in [0.717, 1.165) is 6.42 Å². The Morgan fingerprint density at radius 1 is 1.71 bits per heavy atom. The standard InChI is InChI=1S/C10H13N3O/c1-3-6-11-12-10(14)9-5-4-7-13(2)8-9/h4-8H,3H2,1-2H3/p+1. The molecule has 4 nitrogen and oxygen atoms in total. The first kappa shape index (κ1) is 10.4. The van der Waals surface area contributed by atoms with Crippen molar-refractivity contribution in [2.24, 2.45) is 12.1 Å². The number of hydrogen-bond donors (Lipinski definition) is 1. The van der Waals surface area contributed by atoms with E-state index in [1.807, 2.05) is 30.8 Å². The Hall–Kier alpha value is -1.71. The van der Waals surface area contributed by atoms with Crippen molar-refractivity contribution in [2.75, 3.05) is 0 Å². The van der Waals surface area contributed by atoms with Crippen molar-refractivity contribution in [3.8, 4) is 0 Å². The summed E-state index contributed by atoms with van der Waals surface area (Å²) in [5, 5.41) is 3.76. The number of amides is 1. The second-order valence-electron chi connectivity index (χ2n) is 2.92. The number of hydrazone groups is 1. The summed E-state index contributed by atoms with van der Waals surface area (Å²) in [4.78, 5) is 11.4. The van der Waals surface area contributed by atoms with E-state index in [1.165, 1.54) is 0 Å². The van der Waals surface area contributed by atoms with Crippen LogP contribution in [-0.4, -0.2) is 12.1 Å². The molecule has 0 unspecified atom stereocenters. The third-order valence-electron chi connectivity index (χ3n) is 1.64. The SMILES string of the molecule is CCC=NNC(=O)c1ccc[n+](C)c1. The van der Waals surface area contributed by atoms with Crippen molar-refractivity contribution in [1.29, 1.82) is 0 Å². The van der Waals surface area contributed by atoms with E-state index in [4.69, 9.17) is 0 Å². The number of rotatable bonds is 3. The molecule has 0 aliphatic rings. The number of carbonyl (C=O) groups excluding carboxylic acids is 1. The summed E-state index contributed by atoms with van der Waals surface area (Å²) in [5.41, 5.74) is 3.04. The van der Waals surface area contributed by atoms with Gasteiger partial charge in [0.05, 0.1) is 0 Å². The van der Waals surface area contributed by atoms with Crippen LogP contribution in [0.25, 0.3) is 0 Å². The van der Waals surface area contributed by atoms with Crippen molar-refractivity contribution in [3.63, 3.8) is 0 Å². The third kappa shape index (κ3) is 2.97. The highest BCUT2D eigenvalue weighted by Crippen LogP contribution is 1.93. The zero-order valence-corrected chi connectivity index (χ0v) is 8.40. The van der Waals surface area contributed by atoms with Crippen LogP contribution in [0.3, 0.4) is 0 Å². The molecule has 0 aromatic carbocycles. The highest BCUT2D eigenvalue weighted by atomic mass is 16.2. The quantitative estimate of drug-likeness (QED) is 0.426. The van der Waals surface area contributed by atoms with Crippen molar-refractivity contribution in [3.05, 3.63) is 30.1 Å². The number of hydrogen-bond acceptors (Lipinski definition) is 2. The van der Waals surface area contributed by atoms with E-state index in [2.05, 4.69) is 10.5 Å². The van der Waals surface area contributed by atoms with Gasteiger partial charge in [0.15, 0.2) is 12.4 Å². The van der Waals surface area contributed by atoms with Gasteiger partial charge in [-0.2, -0.15) is 5.10 Å². The molecule has 1 aromatic rings. The lowest BCUT2D eigenvalue weighted by atomic mass is 10.3. The van der Waals surface area contributed by atoms with Crippen LogP contribution in [0.4, 0.5) is 0 Å². The molecule has 1 rings (SSSR count). The number of pyridine rings is 1. The monoisotopic (exact) mass is 192 g/mol. The van der Waals surface area contributed by atoms with Crippen LogP contribution in [0, 0.1) is 0 Å². The van der Waals surface area contributed by atoms with Gasteiger partial charge in [0, 0.05) is 12.3 Å². The van der Waals surface area contributed by atoms with E-state index in [-0.39, 0.29) is 5.91 Å². The van der Waals surface area contributed by atoms with Crippen molar-refractivity contribution >= 4 is 12.1 Å². The van der Waals surface area contributed by atoms with Gasteiger partial charge in [-0.05, 0) is 12.5 Å². The van der Waals surface area contributed by atoms with E-state index in [9.17, 15) is 4.79 Å². The van der Waals surface area contributed by atoms with E-state index in [0.29, 0.717) is 5.56 Å². The maximum atomic E-state index is 11.4. The minimum absolute atomic E-state index is 0.189. The Kier molecular flexibility index (Phi) is 3.79. The first-order chi connectivity index (χ1) is 6.74. The van der Waals surface area contributed by atoms with E-state index < -0.39 is 0 Å². The third-order valence-corrected chi connectivity index (χ3v) is 1.64. The van der Waals surface area contributed by atoms with Crippen molar-refractivity contribution < 1.29 is 9.36 Å². The molecule has 0 saturated carbocycles. The molecule has 0 fully saturated rings. The zero-order chi connectivity index (χ0) is 10.4. The van der Waals surface area contributed by atoms with Gasteiger partial charge in [-0.1, -0.05) is 6.92 Å². The fourth-order valence-corrected chi connectivity index (χ4v) is 0.982. The van der Waals surface area contributed by atoms with Crippen LogP contribution in [0.15, 0.2) is 29.6 Å². The Morgan fingerprint density at radius 2 is 2.50 bits per heavy atom. The number of carbonyl (C=O) groups is 1. The summed E-state index contributed by atoms with van der Waals surface area (Å²) in [6.07, 6.45) is 6.08. The Morgan fingerprint density at radius 3 is 3.14 bits per heavy atom. The van der Waals surface area contributed by atoms with E-state index in [1.54, 1.807) is 18.5 Å². The van der Waals surface area contributed by atoms with Gasteiger partial charge >= 0.3 is 0 Å². The Bertz CT molecular complexity index is 347. The van der Waals surface area contributed by atoms with Crippen molar-refractivity contribution in [1.82, 2.24) is 5.43 Å². The molecule has 4 heteroatoms. The maximum absolute atomic E-state index is 11.4. The van der Waals surface area contributed by atoms with Gasteiger partial charge in [0.2, 0.25) is 0 Å². The first-order valence-corrected chi connectivity index (χ1v) is 4.51. The Balaban J connectivity index is 2.65. The van der Waals surface area contributed by atoms with Gasteiger partial charge < -0.3 is 0 Å². The molecule has 74 valence electrons. The van der Waals surface area contributed by atoms with Gasteiger partial charge in [0.25, 0.3) is 5.91 Å². The first-order valence-electron chi connectivity index (χ1n) is 4.51. The smallest absolute Gasteiger partial charge is 0.267 e. The predicted molar refractivity (Wildman–Crippen MR) is 53.9 cm³/mol. The number of aromatic nitrogens is 1. The van der Waals surface area contributed by atoms with Crippen LogP contribution in [0.1, 0.15) is 23.7 Å². The molecular weight excluding hydrogens is 178 g/mol. The summed E-state index contributed by atoms with van der Waals surface area (Å²) in [6, 6.07) is 3.56.